The van der Waals surface area contributed by atoms with E-state index in [9.17, 15) is 0 Å². The minimum Gasteiger partial charge on any atom is -0.457 e. The first kappa shape index (κ1) is 14.6. The fourth-order valence-corrected chi connectivity index (χ4v) is 1.93. The van der Waals surface area contributed by atoms with E-state index in [1.54, 1.807) is 0 Å². The lowest BCUT2D eigenvalue weighted by Crippen LogP contribution is -2.26. The minimum absolute atomic E-state index is 0.214. The van der Waals surface area contributed by atoms with Crippen LogP contribution in [0.4, 0.5) is 0 Å². The molecule has 0 aliphatic heterocycles. The number of nitrogens with one attached hydrogen (secondary N) is 1. The molecule has 20 heavy (non-hydrogen) atoms. The van der Waals surface area contributed by atoms with Crippen molar-refractivity contribution in [2.24, 2.45) is 0 Å². The molecule has 0 bridgehead atoms. The van der Waals surface area contributed by atoms with Gasteiger partial charge in [-0.15, -0.1) is 0 Å². The Hall–Kier alpha value is -1.84. The second kappa shape index (κ2) is 7.68. The summed E-state index contributed by atoms with van der Waals surface area (Å²) in [5.41, 5.74) is 1.17. The van der Waals surface area contributed by atoms with Crippen LogP contribution >= 0.6 is 0 Å². The van der Waals surface area contributed by atoms with Crippen LogP contribution in [0.5, 0.6) is 11.5 Å². The van der Waals surface area contributed by atoms with E-state index < -0.39 is 0 Å². The van der Waals surface area contributed by atoms with Crippen LogP contribution in [0.2, 0.25) is 0 Å². The number of hydrogen-bond donors (Lipinski definition) is 2. The highest BCUT2D eigenvalue weighted by molar-refractivity contribution is 5.33. The van der Waals surface area contributed by atoms with Crippen LogP contribution in [-0.2, 0) is 6.54 Å². The van der Waals surface area contributed by atoms with Gasteiger partial charge in [0.15, 0.2) is 0 Å². The van der Waals surface area contributed by atoms with Crippen molar-refractivity contribution in [1.82, 2.24) is 5.32 Å². The number of hydrogen-bond acceptors (Lipinski definition) is 3. The Morgan fingerprint density at radius 2 is 1.80 bits per heavy atom. The Morgan fingerprint density at radius 3 is 2.55 bits per heavy atom. The van der Waals surface area contributed by atoms with E-state index in [0.717, 1.165) is 24.5 Å². The Kier molecular flexibility index (Phi) is 5.59. The van der Waals surface area contributed by atoms with Gasteiger partial charge in [-0.05, 0) is 43.2 Å². The highest BCUT2D eigenvalue weighted by Crippen LogP contribution is 2.21. The second-order valence-electron chi connectivity index (χ2n) is 4.86. The molecule has 3 heteroatoms. The Morgan fingerprint density at radius 1 is 1.05 bits per heavy atom. The molecular weight excluding hydrogens is 250 g/mol. The SMILES string of the molecule is CC(CCO)NCc1cccc(Oc2ccccc2)c1. The lowest BCUT2D eigenvalue weighted by molar-refractivity contribution is 0.268. The average Bonchev–Trinajstić information content (AvgIpc) is 2.47. The monoisotopic (exact) mass is 271 g/mol. The van der Waals surface area contributed by atoms with Gasteiger partial charge >= 0.3 is 0 Å². The van der Waals surface area contributed by atoms with Gasteiger partial charge in [-0.1, -0.05) is 30.3 Å². The Balaban J connectivity index is 1.94. The van der Waals surface area contributed by atoms with Gasteiger partial charge in [-0.2, -0.15) is 0 Å². The molecule has 0 saturated carbocycles. The summed E-state index contributed by atoms with van der Waals surface area (Å²) < 4.78 is 5.81. The molecule has 0 aliphatic carbocycles. The van der Waals surface area contributed by atoms with Crippen LogP contribution in [0.3, 0.4) is 0 Å². The van der Waals surface area contributed by atoms with Crippen molar-refractivity contribution in [3.05, 3.63) is 60.2 Å². The summed E-state index contributed by atoms with van der Waals surface area (Å²) in [6.45, 7) is 3.05. The third-order valence-electron chi connectivity index (χ3n) is 3.09. The smallest absolute Gasteiger partial charge is 0.127 e. The second-order valence-corrected chi connectivity index (χ2v) is 4.86. The summed E-state index contributed by atoms with van der Waals surface area (Å²) in [6.07, 6.45) is 0.764. The van der Waals surface area contributed by atoms with Gasteiger partial charge in [-0.25, -0.2) is 0 Å². The summed E-state index contributed by atoms with van der Waals surface area (Å²) >= 11 is 0. The van der Waals surface area contributed by atoms with Crippen molar-refractivity contribution >= 4 is 0 Å². The van der Waals surface area contributed by atoms with E-state index in [1.165, 1.54) is 5.56 Å². The zero-order valence-corrected chi connectivity index (χ0v) is 11.8. The zero-order chi connectivity index (χ0) is 14.2. The molecule has 1 atom stereocenters. The molecule has 0 aliphatic rings. The Labute approximate surface area is 120 Å². The number of aliphatic hydroxyl groups excluding tert-OH is 1. The predicted octanol–water partition coefficient (Wildman–Crippen LogP) is 3.34. The molecule has 106 valence electrons. The third kappa shape index (κ3) is 4.68. The van der Waals surface area contributed by atoms with E-state index >= 15 is 0 Å². The van der Waals surface area contributed by atoms with E-state index in [-0.39, 0.29) is 6.61 Å². The van der Waals surface area contributed by atoms with Gasteiger partial charge in [0.25, 0.3) is 0 Å². The summed E-state index contributed by atoms with van der Waals surface area (Å²) in [4.78, 5) is 0. The van der Waals surface area contributed by atoms with Gasteiger partial charge in [0.1, 0.15) is 11.5 Å². The number of para-hydroxylation sites is 1. The molecule has 2 aromatic carbocycles. The number of ether oxygens (including phenoxy) is 1. The molecule has 0 spiro atoms. The maximum absolute atomic E-state index is 8.88. The molecule has 3 nitrogen and oxygen atoms in total. The van der Waals surface area contributed by atoms with E-state index in [0.29, 0.717) is 6.04 Å². The standard InChI is InChI=1S/C17H21NO2/c1-14(10-11-19)18-13-15-6-5-9-17(12-15)20-16-7-3-2-4-8-16/h2-9,12,14,18-19H,10-11,13H2,1H3. The summed E-state index contributed by atoms with van der Waals surface area (Å²) in [7, 11) is 0. The highest BCUT2D eigenvalue weighted by atomic mass is 16.5. The van der Waals surface area contributed by atoms with E-state index in [2.05, 4.69) is 18.3 Å². The molecule has 0 amide bonds. The average molecular weight is 271 g/mol. The molecule has 0 radical (unpaired) electrons. The van der Waals surface area contributed by atoms with Gasteiger partial charge in [0, 0.05) is 19.2 Å². The van der Waals surface area contributed by atoms with Gasteiger partial charge < -0.3 is 15.2 Å². The molecule has 2 N–H and O–H groups in total. The molecule has 0 saturated heterocycles. The fraction of sp³-hybridized carbons (Fsp3) is 0.294. The topological polar surface area (TPSA) is 41.5 Å². The van der Waals surface area contributed by atoms with Crippen LogP contribution in [0.1, 0.15) is 18.9 Å². The fourth-order valence-electron chi connectivity index (χ4n) is 1.93. The first-order chi connectivity index (χ1) is 9.78. The van der Waals surface area contributed by atoms with Crippen molar-refractivity contribution in [3.63, 3.8) is 0 Å². The van der Waals surface area contributed by atoms with Gasteiger partial charge in [-0.3, -0.25) is 0 Å². The molecule has 0 heterocycles. The van der Waals surface area contributed by atoms with Crippen LogP contribution < -0.4 is 10.1 Å². The first-order valence-corrected chi connectivity index (χ1v) is 6.94. The third-order valence-corrected chi connectivity index (χ3v) is 3.09. The molecular formula is C17H21NO2. The summed E-state index contributed by atoms with van der Waals surface area (Å²) in [6, 6.07) is 18.1. The summed E-state index contributed by atoms with van der Waals surface area (Å²) in [5, 5.41) is 12.3. The largest absolute Gasteiger partial charge is 0.457 e. The van der Waals surface area contributed by atoms with Crippen LogP contribution in [0.25, 0.3) is 0 Å². The molecule has 2 rings (SSSR count). The number of rotatable bonds is 7. The maximum atomic E-state index is 8.88. The normalized spacial score (nSPS) is 12.1. The van der Waals surface area contributed by atoms with Crippen molar-refractivity contribution < 1.29 is 9.84 Å². The minimum atomic E-state index is 0.214. The molecule has 1 unspecified atom stereocenters. The first-order valence-electron chi connectivity index (χ1n) is 6.94. The van der Waals surface area contributed by atoms with Crippen molar-refractivity contribution in [1.29, 1.82) is 0 Å². The van der Waals surface area contributed by atoms with Crippen molar-refractivity contribution in [2.45, 2.75) is 25.9 Å². The number of aliphatic hydroxyl groups is 1. The summed E-state index contributed by atoms with van der Waals surface area (Å²) in [5.74, 6) is 1.68. The Bertz CT molecular complexity index is 513. The van der Waals surface area contributed by atoms with E-state index in [1.807, 2.05) is 48.5 Å². The van der Waals surface area contributed by atoms with Crippen LogP contribution in [-0.4, -0.2) is 17.8 Å². The maximum Gasteiger partial charge on any atom is 0.127 e. The van der Waals surface area contributed by atoms with Gasteiger partial charge in [0.05, 0.1) is 0 Å². The number of benzene rings is 2. The zero-order valence-electron chi connectivity index (χ0n) is 11.8. The van der Waals surface area contributed by atoms with Crippen molar-refractivity contribution in [2.75, 3.05) is 6.61 Å². The van der Waals surface area contributed by atoms with E-state index in [4.69, 9.17) is 9.84 Å². The quantitative estimate of drug-likeness (QED) is 0.811. The molecule has 0 aromatic heterocycles. The highest BCUT2D eigenvalue weighted by Gasteiger charge is 2.02. The van der Waals surface area contributed by atoms with Gasteiger partial charge in [0.2, 0.25) is 0 Å². The van der Waals surface area contributed by atoms with Crippen LogP contribution in [0.15, 0.2) is 54.6 Å². The lowest BCUT2D eigenvalue weighted by atomic mass is 10.2. The predicted molar refractivity (Wildman–Crippen MR) is 81.0 cm³/mol. The van der Waals surface area contributed by atoms with Crippen molar-refractivity contribution in [3.8, 4) is 11.5 Å². The lowest BCUT2D eigenvalue weighted by Gasteiger charge is -2.13. The molecule has 0 fully saturated rings. The molecule has 2 aromatic rings. The van der Waals surface area contributed by atoms with Crippen LogP contribution in [0, 0.1) is 0 Å².